The van der Waals surface area contributed by atoms with E-state index >= 15 is 0 Å². The van der Waals surface area contributed by atoms with Crippen molar-refractivity contribution in [1.82, 2.24) is 24.8 Å². The minimum Gasteiger partial charge on any atom is -0.354 e. The first-order valence-corrected chi connectivity index (χ1v) is 9.44. The maximum Gasteiger partial charge on any atom is 0.229 e. The average Bonchev–Trinajstić information content (AvgIpc) is 3.16. The molecule has 5 rings (SSSR count). The van der Waals surface area contributed by atoms with Gasteiger partial charge in [-0.2, -0.15) is 9.61 Å². The largest absolute Gasteiger partial charge is 0.354 e. The Labute approximate surface area is 151 Å². The van der Waals surface area contributed by atoms with Gasteiger partial charge in [-0.3, -0.25) is 4.79 Å². The van der Waals surface area contributed by atoms with Gasteiger partial charge in [0.25, 0.3) is 0 Å². The third-order valence-corrected chi connectivity index (χ3v) is 5.75. The molecule has 2 fully saturated rings. The number of carbonyl (C=O) groups excluding carboxylic acids is 1. The summed E-state index contributed by atoms with van der Waals surface area (Å²) in [5.41, 5.74) is 3.23. The molecule has 2 aromatic heterocycles. The minimum atomic E-state index is -0.859. The molecule has 3 aliphatic rings. The highest BCUT2D eigenvalue weighted by atomic mass is 19.1. The number of halogens is 1. The van der Waals surface area contributed by atoms with Gasteiger partial charge < -0.3 is 15.1 Å². The van der Waals surface area contributed by atoms with Crippen LogP contribution in [0.3, 0.4) is 0 Å². The maximum absolute atomic E-state index is 13.4. The first kappa shape index (κ1) is 16.0. The summed E-state index contributed by atoms with van der Waals surface area (Å²) < 4.78 is 15.3. The third kappa shape index (κ3) is 2.55. The predicted molar refractivity (Wildman–Crippen MR) is 95.1 cm³/mol. The van der Waals surface area contributed by atoms with Gasteiger partial charge in [-0.05, 0) is 19.4 Å². The summed E-state index contributed by atoms with van der Waals surface area (Å²) in [6.45, 7) is 4.02. The molecule has 3 aliphatic heterocycles. The molecule has 0 unspecified atom stereocenters. The standard InChI is InChI=1S/C18H23FN6O/c19-13-4-8-23(11-13)18(26)12-9-24(10-12)17-14-1-5-20-6-2-15(14)22-16-3-7-21-25(16)17/h3,7,12-13,20H,1-2,4-6,8-11H2/t13-/m0/s1. The molecular weight excluding hydrogens is 335 g/mol. The number of alkyl halides is 1. The summed E-state index contributed by atoms with van der Waals surface area (Å²) in [7, 11) is 0. The summed E-state index contributed by atoms with van der Waals surface area (Å²) >= 11 is 0. The van der Waals surface area contributed by atoms with Crippen molar-refractivity contribution in [1.29, 1.82) is 0 Å². The fourth-order valence-electron chi connectivity index (χ4n) is 4.32. The van der Waals surface area contributed by atoms with E-state index in [4.69, 9.17) is 4.98 Å². The number of likely N-dealkylation sites (tertiary alicyclic amines) is 1. The highest BCUT2D eigenvalue weighted by Gasteiger charge is 2.40. The maximum atomic E-state index is 13.4. The smallest absolute Gasteiger partial charge is 0.229 e. The molecule has 5 heterocycles. The first-order chi connectivity index (χ1) is 12.7. The van der Waals surface area contributed by atoms with Crippen LogP contribution in [-0.2, 0) is 17.6 Å². The second-order valence-corrected chi connectivity index (χ2v) is 7.48. The number of rotatable bonds is 2. The van der Waals surface area contributed by atoms with Crippen LogP contribution in [0.4, 0.5) is 10.2 Å². The summed E-state index contributed by atoms with van der Waals surface area (Å²) in [5, 5.41) is 7.89. The van der Waals surface area contributed by atoms with Crippen LogP contribution in [0.1, 0.15) is 17.7 Å². The fourth-order valence-corrected chi connectivity index (χ4v) is 4.32. The van der Waals surface area contributed by atoms with E-state index in [0.717, 1.165) is 43.1 Å². The number of carbonyl (C=O) groups is 1. The SMILES string of the molecule is O=C(C1CN(c2c3c(nc4ccnn24)CCNCC3)C1)N1CC[C@H](F)C1. The van der Waals surface area contributed by atoms with Gasteiger partial charge in [0, 0.05) is 44.2 Å². The molecule has 0 radical (unpaired) electrons. The molecule has 2 saturated heterocycles. The second-order valence-electron chi connectivity index (χ2n) is 7.48. The summed E-state index contributed by atoms with van der Waals surface area (Å²) in [6, 6.07) is 1.93. The predicted octanol–water partition coefficient (Wildman–Crippen LogP) is 0.424. The first-order valence-electron chi connectivity index (χ1n) is 9.44. The monoisotopic (exact) mass is 358 g/mol. The van der Waals surface area contributed by atoms with E-state index < -0.39 is 6.17 Å². The molecule has 0 bridgehead atoms. The van der Waals surface area contributed by atoms with Gasteiger partial charge in [-0.25, -0.2) is 9.37 Å². The van der Waals surface area contributed by atoms with Crippen LogP contribution in [0.15, 0.2) is 12.3 Å². The summed E-state index contributed by atoms with van der Waals surface area (Å²) in [4.78, 5) is 21.3. The second kappa shape index (κ2) is 6.19. The number of nitrogens with zero attached hydrogens (tertiary/aromatic N) is 5. The molecule has 138 valence electrons. The van der Waals surface area contributed by atoms with E-state index in [2.05, 4.69) is 15.3 Å². The molecule has 1 atom stereocenters. The molecule has 1 amide bonds. The van der Waals surface area contributed by atoms with Crippen LogP contribution in [-0.4, -0.2) is 70.8 Å². The Hall–Kier alpha value is -2.22. The van der Waals surface area contributed by atoms with Crippen LogP contribution in [0.2, 0.25) is 0 Å². The van der Waals surface area contributed by atoms with Crippen molar-refractivity contribution in [3.63, 3.8) is 0 Å². The number of fused-ring (bicyclic) bond motifs is 2. The average molecular weight is 358 g/mol. The Bertz CT molecular complexity index is 846. The number of amides is 1. The molecule has 0 saturated carbocycles. The van der Waals surface area contributed by atoms with Gasteiger partial charge >= 0.3 is 0 Å². The highest BCUT2D eigenvalue weighted by Crippen LogP contribution is 2.32. The lowest BCUT2D eigenvalue weighted by Gasteiger charge is -2.42. The zero-order chi connectivity index (χ0) is 17.7. The van der Waals surface area contributed by atoms with Gasteiger partial charge in [-0.1, -0.05) is 0 Å². The fraction of sp³-hybridized carbons (Fsp3) is 0.611. The van der Waals surface area contributed by atoms with E-state index in [1.807, 2.05) is 10.6 Å². The van der Waals surface area contributed by atoms with Crippen molar-refractivity contribution in [3.8, 4) is 0 Å². The van der Waals surface area contributed by atoms with Gasteiger partial charge in [0.1, 0.15) is 12.0 Å². The van der Waals surface area contributed by atoms with E-state index in [0.29, 0.717) is 26.1 Å². The molecule has 1 N–H and O–H groups in total. The van der Waals surface area contributed by atoms with Crippen molar-refractivity contribution in [2.45, 2.75) is 25.4 Å². The molecule has 8 heteroatoms. The minimum absolute atomic E-state index is 0.0429. The van der Waals surface area contributed by atoms with Crippen LogP contribution < -0.4 is 10.2 Å². The van der Waals surface area contributed by atoms with Crippen LogP contribution in [0, 0.1) is 5.92 Å². The number of hydrogen-bond acceptors (Lipinski definition) is 5. The molecular formula is C18H23FN6O. The van der Waals surface area contributed by atoms with Crippen molar-refractivity contribution in [2.24, 2.45) is 5.92 Å². The number of nitrogens with one attached hydrogen (secondary N) is 1. The molecule has 0 aromatic carbocycles. The summed E-state index contributed by atoms with van der Waals surface area (Å²) in [5.74, 6) is 1.13. The Morgan fingerprint density at radius 3 is 2.88 bits per heavy atom. The van der Waals surface area contributed by atoms with E-state index in [1.165, 1.54) is 5.56 Å². The Morgan fingerprint density at radius 1 is 1.23 bits per heavy atom. The zero-order valence-electron chi connectivity index (χ0n) is 14.7. The van der Waals surface area contributed by atoms with Crippen LogP contribution >= 0.6 is 0 Å². The van der Waals surface area contributed by atoms with Gasteiger partial charge in [0.2, 0.25) is 5.91 Å². The van der Waals surface area contributed by atoms with E-state index in [9.17, 15) is 9.18 Å². The highest BCUT2D eigenvalue weighted by molar-refractivity contribution is 5.82. The van der Waals surface area contributed by atoms with E-state index in [1.54, 1.807) is 11.1 Å². The molecule has 7 nitrogen and oxygen atoms in total. The molecule has 0 aliphatic carbocycles. The van der Waals surface area contributed by atoms with Crippen LogP contribution in [0.25, 0.3) is 5.65 Å². The Balaban J connectivity index is 1.41. The lowest BCUT2D eigenvalue weighted by molar-refractivity contribution is -0.135. The Kier molecular flexibility index (Phi) is 3.81. The van der Waals surface area contributed by atoms with Crippen molar-refractivity contribution in [3.05, 3.63) is 23.5 Å². The quantitative estimate of drug-likeness (QED) is 0.843. The van der Waals surface area contributed by atoms with Gasteiger partial charge in [0.15, 0.2) is 5.65 Å². The van der Waals surface area contributed by atoms with Gasteiger partial charge in [0.05, 0.1) is 24.4 Å². The summed E-state index contributed by atoms with van der Waals surface area (Å²) in [6.07, 6.45) is 3.21. The molecule has 26 heavy (non-hydrogen) atoms. The third-order valence-electron chi connectivity index (χ3n) is 5.75. The number of aromatic nitrogens is 3. The van der Waals surface area contributed by atoms with Gasteiger partial charge in [-0.15, -0.1) is 0 Å². The Morgan fingerprint density at radius 2 is 2.08 bits per heavy atom. The van der Waals surface area contributed by atoms with Crippen molar-refractivity contribution in [2.75, 3.05) is 44.2 Å². The molecule has 2 aromatic rings. The molecule has 0 spiro atoms. The number of anilines is 1. The van der Waals surface area contributed by atoms with Crippen molar-refractivity contribution < 1.29 is 9.18 Å². The van der Waals surface area contributed by atoms with E-state index in [-0.39, 0.29) is 18.4 Å². The van der Waals surface area contributed by atoms with Crippen LogP contribution in [0.5, 0.6) is 0 Å². The lowest BCUT2D eigenvalue weighted by Crippen LogP contribution is -2.55. The number of hydrogen-bond donors (Lipinski definition) is 1. The zero-order valence-corrected chi connectivity index (χ0v) is 14.7. The normalized spacial score (nSPS) is 23.8. The van der Waals surface area contributed by atoms with Crippen molar-refractivity contribution >= 4 is 17.4 Å². The topological polar surface area (TPSA) is 65.8 Å². The lowest BCUT2D eigenvalue weighted by atomic mass is 9.97.